The van der Waals surface area contributed by atoms with Crippen molar-refractivity contribution < 1.29 is 0 Å². The Morgan fingerprint density at radius 2 is 2.06 bits per heavy atom. The maximum absolute atomic E-state index is 8.98. The molecule has 1 aromatic rings. The summed E-state index contributed by atoms with van der Waals surface area (Å²) < 4.78 is 0. The number of nitrogens with one attached hydrogen (secondary N) is 1. The van der Waals surface area contributed by atoms with Crippen molar-refractivity contribution >= 4 is 5.82 Å². The first-order chi connectivity index (χ1) is 8.69. The highest BCUT2D eigenvalue weighted by molar-refractivity contribution is 5.45. The molecule has 2 rings (SSSR count). The number of hydrogen-bond donors (Lipinski definition) is 1. The SMILES string of the molecule is Cc1cc(C#N)cc(NC2CCCCCC2C)n1. The van der Waals surface area contributed by atoms with Gasteiger partial charge >= 0.3 is 0 Å². The van der Waals surface area contributed by atoms with Gasteiger partial charge in [0.1, 0.15) is 5.82 Å². The van der Waals surface area contributed by atoms with E-state index in [1.165, 1.54) is 32.1 Å². The molecular weight excluding hydrogens is 222 g/mol. The van der Waals surface area contributed by atoms with Gasteiger partial charge in [-0.1, -0.05) is 26.2 Å². The Hall–Kier alpha value is -1.56. The van der Waals surface area contributed by atoms with Gasteiger partial charge in [0.15, 0.2) is 0 Å². The third-order valence-corrected chi connectivity index (χ3v) is 3.78. The van der Waals surface area contributed by atoms with Crippen LogP contribution >= 0.6 is 0 Å². The monoisotopic (exact) mass is 243 g/mol. The lowest BCUT2D eigenvalue weighted by atomic mass is 9.97. The lowest BCUT2D eigenvalue weighted by molar-refractivity contribution is 0.455. The summed E-state index contributed by atoms with van der Waals surface area (Å²) in [5.74, 6) is 1.53. The molecule has 18 heavy (non-hydrogen) atoms. The number of aromatic nitrogens is 1. The van der Waals surface area contributed by atoms with Crippen LogP contribution in [-0.2, 0) is 0 Å². The Morgan fingerprint density at radius 3 is 2.83 bits per heavy atom. The van der Waals surface area contributed by atoms with Crippen LogP contribution in [0.2, 0.25) is 0 Å². The van der Waals surface area contributed by atoms with Crippen LogP contribution in [0.4, 0.5) is 5.82 Å². The quantitative estimate of drug-likeness (QED) is 0.807. The van der Waals surface area contributed by atoms with Crippen LogP contribution in [0.1, 0.15) is 50.3 Å². The summed E-state index contributed by atoms with van der Waals surface area (Å²) in [7, 11) is 0. The molecule has 0 aliphatic heterocycles. The highest BCUT2D eigenvalue weighted by Gasteiger charge is 2.20. The van der Waals surface area contributed by atoms with E-state index in [2.05, 4.69) is 23.3 Å². The largest absolute Gasteiger partial charge is 0.367 e. The molecule has 1 N–H and O–H groups in total. The maximum Gasteiger partial charge on any atom is 0.127 e. The summed E-state index contributed by atoms with van der Waals surface area (Å²) in [6.07, 6.45) is 6.46. The minimum atomic E-state index is 0.494. The number of aryl methyl sites for hydroxylation is 1. The maximum atomic E-state index is 8.98. The Morgan fingerprint density at radius 1 is 1.28 bits per heavy atom. The normalized spacial score (nSPS) is 24.1. The smallest absolute Gasteiger partial charge is 0.127 e. The zero-order valence-corrected chi connectivity index (χ0v) is 11.2. The first-order valence-electron chi connectivity index (χ1n) is 6.84. The van der Waals surface area contributed by atoms with Crippen LogP contribution in [0.3, 0.4) is 0 Å². The van der Waals surface area contributed by atoms with Crippen molar-refractivity contribution in [2.45, 2.75) is 52.0 Å². The van der Waals surface area contributed by atoms with Crippen LogP contribution in [0.15, 0.2) is 12.1 Å². The van der Waals surface area contributed by atoms with Crippen LogP contribution in [0.5, 0.6) is 0 Å². The van der Waals surface area contributed by atoms with Crippen molar-refractivity contribution in [3.8, 4) is 6.07 Å². The molecular formula is C15H21N3. The number of pyridine rings is 1. The van der Waals surface area contributed by atoms with E-state index in [9.17, 15) is 0 Å². The van der Waals surface area contributed by atoms with E-state index in [0.717, 1.165) is 11.5 Å². The van der Waals surface area contributed by atoms with E-state index in [0.29, 0.717) is 17.5 Å². The van der Waals surface area contributed by atoms with Gasteiger partial charge in [-0.05, 0) is 37.8 Å². The average Bonchev–Trinajstić information content (AvgIpc) is 2.54. The number of hydrogen-bond acceptors (Lipinski definition) is 3. The van der Waals surface area contributed by atoms with E-state index in [-0.39, 0.29) is 0 Å². The molecule has 0 aromatic carbocycles. The second-order valence-corrected chi connectivity index (χ2v) is 5.36. The molecule has 96 valence electrons. The minimum Gasteiger partial charge on any atom is -0.367 e. The molecule has 1 saturated carbocycles. The first kappa shape index (κ1) is 12.9. The van der Waals surface area contributed by atoms with Gasteiger partial charge in [-0.3, -0.25) is 0 Å². The average molecular weight is 243 g/mol. The van der Waals surface area contributed by atoms with E-state index in [1.54, 1.807) is 0 Å². The van der Waals surface area contributed by atoms with Crippen LogP contribution < -0.4 is 5.32 Å². The van der Waals surface area contributed by atoms with Crippen molar-refractivity contribution in [2.24, 2.45) is 5.92 Å². The summed E-state index contributed by atoms with van der Waals surface area (Å²) in [6.45, 7) is 4.24. The van der Waals surface area contributed by atoms with Crippen molar-refractivity contribution in [2.75, 3.05) is 5.32 Å². The Kier molecular flexibility index (Phi) is 4.19. The first-order valence-corrected chi connectivity index (χ1v) is 6.84. The standard InChI is InChI=1S/C15H21N3/c1-11-6-4-3-5-7-14(11)18-15-9-13(10-16)8-12(2)17-15/h8-9,11,14H,3-7H2,1-2H3,(H,17,18). The summed E-state index contributed by atoms with van der Waals surface area (Å²) >= 11 is 0. The van der Waals surface area contributed by atoms with Crippen molar-refractivity contribution in [3.63, 3.8) is 0 Å². The van der Waals surface area contributed by atoms with Crippen molar-refractivity contribution in [1.29, 1.82) is 5.26 Å². The highest BCUT2D eigenvalue weighted by Crippen LogP contribution is 2.25. The molecule has 1 aliphatic carbocycles. The Labute approximate surface area is 109 Å². The Balaban J connectivity index is 2.12. The lowest BCUT2D eigenvalue weighted by Crippen LogP contribution is -2.26. The summed E-state index contributed by atoms with van der Waals surface area (Å²) in [5.41, 5.74) is 1.59. The molecule has 0 amide bonds. The third kappa shape index (κ3) is 3.22. The topological polar surface area (TPSA) is 48.7 Å². The van der Waals surface area contributed by atoms with Gasteiger partial charge in [0, 0.05) is 11.7 Å². The third-order valence-electron chi connectivity index (χ3n) is 3.78. The molecule has 0 radical (unpaired) electrons. The van der Waals surface area contributed by atoms with E-state index < -0.39 is 0 Å². The number of rotatable bonds is 2. The summed E-state index contributed by atoms with van der Waals surface area (Å²) in [4.78, 5) is 4.48. The molecule has 1 heterocycles. The van der Waals surface area contributed by atoms with E-state index >= 15 is 0 Å². The molecule has 2 unspecified atom stereocenters. The predicted molar refractivity (Wildman–Crippen MR) is 73.3 cm³/mol. The fourth-order valence-corrected chi connectivity index (χ4v) is 2.70. The van der Waals surface area contributed by atoms with Gasteiger partial charge in [-0.2, -0.15) is 5.26 Å². The zero-order chi connectivity index (χ0) is 13.0. The molecule has 0 saturated heterocycles. The summed E-state index contributed by atoms with van der Waals surface area (Å²) in [6, 6.07) is 6.36. The second kappa shape index (κ2) is 5.86. The van der Waals surface area contributed by atoms with Crippen molar-refractivity contribution in [1.82, 2.24) is 4.98 Å². The van der Waals surface area contributed by atoms with Crippen LogP contribution in [0.25, 0.3) is 0 Å². The van der Waals surface area contributed by atoms with Gasteiger partial charge in [0.2, 0.25) is 0 Å². The molecule has 1 aromatic heterocycles. The molecule has 0 bridgehead atoms. The van der Waals surface area contributed by atoms with E-state index in [4.69, 9.17) is 5.26 Å². The van der Waals surface area contributed by atoms with Gasteiger partial charge in [0.05, 0.1) is 11.6 Å². The van der Waals surface area contributed by atoms with Gasteiger partial charge in [-0.25, -0.2) is 4.98 Å². The molecule has 2 atom stereocenters. The van der Waals surface area contributed by atoms with Crippen LogP contribution in [0, 0.1) is 24.2 Å². The summed E-state index contributed by atoms with van der Waals surface area (Å²) in [5, 5.41) is 12.5. The predicted octanol–water partition coefficient (Wildman–Crippen LogP) is 3.64. The molecule has 3 nitrogen and oxygen atoms in total. The number of nitrogens with zero attached hydrogens (tertiary/aromatic N) is 2. The van der Waals surface area contributed by atoms with Gasteiger partial charge in [0.25, 0.3) is 0 Å². The zero-order valence-electron chi connectivity index (χ0n) is 11.2. The van der Waals surface area contributed by atoms with Crippen LogP contribution in [-0.4, -0.2) is 11.0 Å². The van der Waals surface area contributed by atoms with E-state index in [1.807, 2.05) is 19.1 Å². The minimum absolute atomic E-state index is 0.494. The number of nitriles is 1. The second-order valence-electron chi connectivity index (χ2n) is 5.36. The fraction of sp³-hybridized carbons (Fsp3) is 0.600. The lowest BCUT2D eigenvalue weighted by Gasteiger charge is -2.23. The molecule has 1 aliphatic rings. The Bertz CT molecular complexity index is 448. The molecule has 0 spiro atoms. The highest BCUT2D eigenvalue weighted by atomic mass is 15.0. The number of anilines is 1. The molecule has 3 heteroatoms. The van der Waals surface area contributed by atoms with Crippen molar-refractivity contribution in [3.05, 3.63) is 23.4 Å². The van der Waals surface area contributed by atoms with Gasteiger partial charge in [-0.15, -0.1) is 0 Å². The van der Waals surface area contributed by atoms with Gasteiger partial charge < -0.3 is 5.32 Å². The molecule has 1 fully saturated rings. The fourth-order valence-electron chi connectivity index (χ4n) is 2.70.